The monoisotopic (exact) mass is 420 g/mol. The molecule has 0 aliphatic rings. The van der Waals surface area contributed by atoms with Crippen molar-refractivity contribution in [3.8, 4) is 0 Å². The van der Waals surface area contributed by atoms with Crippen LogP contribution in [0.3, 0.4) is 0 Å². The molecule has 0 saturated heterocycles. The van der Waals surface area contributed by atoms with Crippen molar-refractivity contribution in [1.82, 2.24) is 9.97 Å². The van der Waals surface area contributed by atoms with Crippen LogP contribution in [0.25, 0.3) is 5.57 Å². The largest absolute Gasteiger partial charge is 0.399 e. The van der Waals surface area contributed by atoms with Gasteiger partial charge in [0.15, 0.2) is 0 Å². The van der Waals surface area contributed by atoms with Crippen LogP contribution in [0.1, 0.15) is 43.0 Å². The van der Waals surface area contributed by atoms with E-state index < -0.39 is 0 Å². The highest BCUT2D eigenvalue weighted by Crippen LogP contribution is 2.26. The highest BCUT2D eigenvalue weighted by Gasteiger charge is 2.11. The molecule has 2 aromatic rings. The Balaban J connectivity index is 2.07. The highest BCUT2D eigenvalue weighted by molar-refractivity contribution is 6.58. The first-order valence-corrected chi connectivity index (χ1v) is 9.38. The molecule has 0 saturated carbocycles. The molecule has 2 heterocycles. The maximum atomic E-state index is 6.07. The van der Waals surface area contributed by atoms with Crippen LogP contribution in [-0.4, -0.2) is 35.1 Å². The van der Waals surface area contributed by atoms with E-state index in [4.69, 9.17) is 32.9 Å². The Kier molecular flexibility index (Phi) is 8.42. The average Bonchev–Trinajstić information content (AvgIpc) is 2.67. The van der Waals surface area contributed by atoms with Gasteiger partial charge in [0.05, 0.1) is 17.1 Å². The molecular weight excluding hydrogens is 399 g/mol. The maximum absolute atomic E-state index is 6.07. The third-order valence-electron chi connectivity index (χ3n) is 3.79. The number of aryl methyl sites for hydroxylation is 1. The summed E-state index contributed by atoms with van der Waals surface area (Å²) in [6, 6.07) is 11.3. The van der Waals surface area contributed by atoms with E-state index in [1.807, 2.05) is 50.2 Å². The van der Waals surface area contributed by atoms with Crippen molar-refractivity contribution in [3.05, 3.63) is 63.7 Å². The van der Waals surface area contributed by atoms with Crippen molar-refractivity contribution in [2.75, 3.05) is 13.7 Å². The molecule has 0 bridgehead atoms. The fourth-order valence-corrected chi connectivity index (χ4v) is 2.77. The lowest BCUT2D eigenvalue weighted by atomic mass is 10.1. The Labute approximate surface area is 174 Å². The second kappa shape index (κ2) is 10.8. The summed E-state index contributed by atoms with van der Waals surface area (Å²) in [5.41, 5.74) is 5.02. The van der Waals surface area contributed by atoms with Gasteiger partial charge in [-0.2, -0.15) is 0 Å². The summed E-state index contributed by atoms with van der Waals surface area (Å²) in [6.07, 6.45) is 0.442. The predicted molar refractivity (Wildman–Crippen MR) is 114 cm³/mol. The Hall–Kier alpha value is -2.44. The Morgan fingerprint density at radius 2 is 1.54 bits per heavy atom. The molecule has 148 valence electrons. The molecule has 0 atom stereocenters. The van der Waals surface area contributed by atoms with Crippen molar-refractivity contribution >= 4 is 40.2 Å². The molecule has 0 N–H and O–H groups in total. The first-order chi connectivity index (χ1) is 13.4. The average molecular weight is 421 g/mol. The Bertz CT molecular complexity index is 907. The van der Waals surface area contributed by atoms with Crippen LogP contribution in [-0.2, 0) is 9.68 Å². The molecular formula is C20H22Cl2N4O2. The molecule has 0 radical (unpaired) electrons. The highest BCUT2D eigenvalue weighted by atomic mass is 35.5. The van der Waals surface area contributed by atoms with Crippen LogP contribution in [0.4, 0.5) is 0 Å². The number of oxime groups is 2. The van der Waals surface area contributed by atoms with Gasteiger partial charge in [-0.1, -0.05) is 45.6 Å². The van der Waals surface area contributed by atoms with E-state index in [1.165, 1.54) is 7.11 Å². The summed E-state index contributed by atoms with van der Waals surface area (Å²) in [5, 5.41) is 8.01. The second-order valence-corrected chi connectivity index (χ2v) is 6.88. The van der Waals surface area contributed by atoms with Gasteiger partial charge in [0, 0.05) is 17.7 Å². The smallest absolute Gasteiger partial charge is 0.121 e. The zero-order valence-corrected chi connectivity index (χ0v) is 17.8. The molecule has 2 aromatic heterocycles. The van der Waals surface area contributed by atoms with E-state index in [0.29, 0.717) is 41.4 Å². The summed E-state index contributed by atoms with van der Waals surface area (Å²) in [4.78, 5) is 19.2. The SMILES string of the molecule is CON=C(C)c1cccc(C(CCON=C(C)c2cccc(C)n2)=C(Cl)Cl)n1. The molecule has 0 unspecified atom stereocenters. The van der Waals surface area contributed by atoms with E-state index in [1.54, 1.807) is 6.92 Å². The summed E-state index contributed by atoms with van der Waals surface area (Å²) in [7, 11) is 1.49. The molecule has 6 nitrogen and oxygen atoms in total. The minimum atomic E-state index is 0.135. The number of nitrogens with zero attached hydrogens (tertiary/aromatic N) is 4. The van der Waals surface area contributed by atoms with Gasteiger partial charge in [-0.15, -0.1) is 0 Å². The number of rotatable bonds is 8. The third-order valence-corrected chi connectivity index (χ3v) is 4.25. The molecule has 0 aromatic carbocycles. The van der Waals surface area contributed by atoms with E-state index in [0.717, 1.165) is 11.4 Å². The number of aromatic nitrogens is 2. The predicted octanol–water partition coefficient (Wildman–Crippen LogP) is 5.13. The van der Waals surface area contributed by atoms with Gasteiger partial charge in [0.1, 0.15) is 29.6 Å². The molecule has 0 aliphatic heterocycles. The molecule has 0 amide bonds. The first kappa shape index (κ1) is 21.9. The number of halogens is 2. The molecule has 0 fully saturated rings. The molecule has 28 heavy (non-hydrogen) atoms. The first-order valence-electron chi connectivity index (χ1n) is 8.62. The zero-order chi connectivity index (χ0) is 20.5. The van der Waals surface area contributed by atoms with Crippen LogP contribution >= 0.6 is 23.2 Å². The zero-order valence-electron chi connectivity index (χ0n) is 16.2. The summed E-state index contributed by atoms with van der Waals surface area (Å²) in [6.45, 7) is 5.87. The van der Waals surface area contributed by atoms with E-state index >= 15 is 0 Å². The summed E-state index contributed by atoms with van der Waals surface area (Å²) < 4.78 is 0.135. The van der Waals surface area contributed by atoms with Gasteiger partial charge >= 0.3 is 0 Å². The summed E-state index contributed by atoms with van der Waals surface area (Å²) in [5.74, 6) is 0. The van der Waals surface area contributed by atoms with Crippen LogP contribution < -0.4 is 0 Å². The van der Waals surface area contributed by atoms with Gasteiger partial charge in [0.25, 0.3) is 0 Å². The van der Waals surface area contributed by atoms with Crippen molar-refractivity contribution < 1.29 is 9.68 Å². The molecule has 0 spiro atoms. The van der Waals surface area contributed by atoms with Crippen molar-refractivity contribution in [1.29, 1.82) is 0 Å². The van der Waals surface area contributed by atoms with Crippen LogP contribution in [0, 0.1) is 6.92 Å². The lowest BCUT2D eigenvalue weighted by molar-refractivity contribution is 0.150. The normalized spacial score (nSPS) is 11.9. The molecule has 2 rings (SSSR count). The lowest BCUT2D eigenvalue weighted by Gasteiger charge is -2.09. The van der Waals surface area contributed by atoms with Gasteiger partial charge < -0.3 is 9.68 Å². The van der Waals surface area contributed by atoms with Gasteiger partial charge in [0.2, 0.25) is 0 Å². The minimum absolute atomic E-state index is 0.135. The van der Waals surface area contributed by atoms with Gasteiger partial charge in [-0.25, -0.2) is 4.98 Å². The molecule has 0 aliphatic carbocycles. The number of pyridine rings is 2. The van der Waals surface area contributed by atoms with E-state index in [-0.39, 0.29) is 4.49 Å². The van der Waals surface area contributed by atoms with Crippen LogP contribution in [0.5, 0.6) is 0 Å². The maximum Gasteiger partial charge on any atom is 0.121 e. The standard InChI is InChI=1S/C20H22Cl2N4O2/c1-13-7-5-8-17(23-13)15(3)26-28-12-11-16(20(21)22)19-10-6-9-18(24-19)14(2)25-27-4/h5-10H,11-12H2,1-4H3. The van der Waals surface area contributed by atoms with Gasteiger partial charge in [-0.3, -0.25) is 4.98 Å². The fraction of sp³-hybridized carbons (Fsp3) is 0.300. The van der Waals surface area contributed by atoms with E-state index in [9.17, 15) is 0 Å². The quantitative estimate of drug-likeness (QED) is 0.337. The van der Waals surface area contributed by atoms with Crippen molar-refractivity contribution in [2.45, 2.75) is 27.2 Å². The van der Waals surface area contributed by atoms with E-state index in [2.05, 4.69) is 20.3 Å². The third kappa shape index (κ3) is 6.32. The fourth-order valence-electron chi connectivity index (χ4n) is 2.39. The molecule has 8 heteroatoms. The van der Waals surface area contributed by atoms with Crippen LogP contribution in [0.15, 0.2) is 51.2 Å². The second-order valence-electron chi connectivity index (χ2n) is 5.93. The number of hydrogen-bond donors (Lipinski definition) is 0. The topological polar surface area (TPSA) is 69.0 Å². The minimum Gasteiger partial charge on any atom is -0.399 e. The summed E-state index contributed by atoms with van der Waals surface area (Å²) >= 11 is 12.1. The lowest BCUT2D eigenvalue weighted by Crippen LogP contribution is -2.04. The van der Waals surface area contributed by atoms with Crippen molar-refractivity contribution in [2.24, 2.45) is 10.3 Å². The van der Waals surface area contributed by atoms with Crippen molar-refractivity contribution in [3.63, 3.8) is 0 Å². The number of hydrogen-bond acceptors (Lipinski definition) is 6. The van der Waals surface area contributed by atoms with Crippen LogP contribution in [0.2, 0.25) is 0 Å². The Morgan fingerprint density at radius 3 is 2.18 bits per heavy atom. The van der Waals surface area contributed by atoms with Gasteiger partial charge in [-0.05, 0) is 45.0 Å². The Morgan fingerprint density at radius 1 is 0.929 bits per heavy atom.